The van der Waals surface area contributed by atoms with Crippen molar-refractivity contribution in [3.8, 4) is 0 Å². The van der Waals surface area contributed by atoms with Gasteiger partial charge in [0.15, 0.2) is 21.5 Å². The summed E-state index contributed by atoms with van der Waals surface area (Å²) in [5.74, 6) is -3.28. The Labute approximate surface area is 202 Å². The maximum absolute atomic E-state index is 13.4. The smallest absolute Gasteiger partial charge is 0.255 e. The van der Waals surface area contributed by atoms with Crippen LogP contribution >= 0.6 is 11.6 Å². The van der Waals surface area contributed by atoms with E-state index in [0.29, 0.717) is 25.7 Å². The minimum Gasteiger partial charge on any atom is -0.390 e. The van der Waals surface area contributed by atoms with Gasteiger partial charge < -0.3 is 15.5 Å². The molecule has 0 saturated heterocycles. The van der Waals surface area contributed by atoms with Crippen LogP contribution in [0.3, 0.4) is 0 Å². The lowest BCUT2D eigenvalue weighted by atomic mass is 9.75. The fourth-order valence-corrected chi connectivity index (χ4v) is 6.70. The van der Waals surface area contributed by atoms with E-state index >= 15 is 0 Å². The molecule has 0 bridgehead atoms. The minimum atomic E-state index is -3.86. The van der Waals surface area contributed by atoms with Crippen molar-refractivity contribution in [2.75, 3.05) is 11.1 Å². The lowest BCUT2D eigenvalue weighted by Gasteiger charge is -2.39. The number of rotatable bonds is 7. The number of aliphatic hydroxyl groups is 2. The van der Waals surface area contributed by atoms with Crippen LogP contribution in [0.15, 0.2) is 41.3 Å². The topological polar surface area (TPSA) is 104 Å². The Morgan fingerprint density at radius 1 is 1.15 bits per heavy atom. The number of carbonyl (C=O) groups is 1. The van der Waals surface area contributed by atoms with E-state index in [2.05, 4.69) is 5.32 Å². The van der Waals surface area contributed by atoms with Crippen LogP contribution in [0.25, 0.3) is 0 Å². The van der Waals surface area contributed by atoms with Crippen LogP contribution in [0.1, 0.15) is 56.3 Å². The molecule has 10 heteroatoms. The van der Waals surface area contributed by atoms with Crippen molar-refractivity contribution in [3.05, 3.63) is 58.6 Å². The van der Waals surface area contributed by atoms with Gasteiger partial charge in [-0.3, -0.25) is 4.79 Å². The van der Waals surface area contributed by atoms with Gasteiger partial charge in [0.2, 0.25) is 0 Å². The predicted molar refractivity (Wildman–Crippen MR) is 126 cm³/mol. The van der Waals surface area contributed by atoms with Gasteiger partial charge in [0.1, 0.15) is 0 Å². The molecule has 34 heavy (non-hydrogen) atoms. The lowest BCUT2D eigenvalue weighted by molar-refractivity contribution is -0.0721. The molecule has 2 aromatic carbocycles. The van der Waals surface area contributed by atoms with Crippen LogP contribution in [0.4, 0.5) is 14.5 Å². The van der Waals surface area contributed by atoms with Crippen LogP contribution < -0.4 is 5.32 Å². The van der Waals surface area contributed by atoms with Gasteiger partial charge in [0, 0.05) is 23.7 Å². The zero-order valence-electron chi connectivity index (χ0n) is 18.9. The number of sulfone groups is 1. The van der Waals surface area contributed by atoms with Crippen LogP contribution in [-0.4, -0.2) is 41.5 Å². The number of carbonyl (C=O) groups excluding carboxylic acids is 1. The number of nitrogens with one attached hydrogen (secondary N) is 1. The third-order valence-corrected chi connectivity index (χ3v) is 8.32. The summed E-state index contributed by atoms with van der Waals surface area (Å²) in [4.78, 5) is 12.4. The van der Waals surface area contributed by atoms with Crippen LogP contribution in [0.2, 0.25) is 5.02 Å². The van der Waals surface area contributed by atoms with E-state index in [0.717, 1.165) is 12.1 Å². The van der Waals surface area contributed by atoms with Crippen molar-refractivity contribution in [3.63, 3.8) is 0 Å². The van der Waals surface area contributed by atoms with Crippen molar-refractivity contribution >= 4 is 33.0 Å². The Hall–Kier alpha value is -2.07. The largest absolute Gasteiger partial charge is 0.390 e. The van der Waals surface area contributed by atoms with Crippen LogP contribution in [0.5, 0.6) is 0 Å². The minimum absolute atomic E-state index is 0.00379. The number of anilines is 1. The summed E-state index contributed by atoms with van der Waals surface area (Å²) in [6.45, 7) is 3.25. The lowest BCUT2D eigenvalue weighted by Crippen LogP contribution is -2.41. The molecule has 0 unspecified atom stereocenters. The highest BCUT2D eigenvalue weighted by molar-refractivity contribution is 7.91. The third-order valence-electron chi connectivity index (χ3n) is 5.96. The normalized spacial score (nSPS) is 21.3. The number of amides is 1. The van der Waals surface area contributed by atoms with Crippen molar-refractivity contribution in [2.24, 2.45) is 5.92 Å². The first-order chi connectivity index (χ1) is 15.7. The third kappa shape index (κ3) is 6.75. The Bertz CT molecular complexity index is 1170. The average molecular weight is 516 g/mol. The molecule has 0 heterocycles. The van der Waals surface area contributed by atoms with Gasteiger partial charge >= 0.3 is 0 Å². The molecule has 1 aliphatic rings. The quantitative estimate of drug-likeness (QED) is 0.494. The molecule has 6 nitrogen and oxygen atoms in total. The molecule has 1 amide bonds. The van der Waals surface area contributed by atoms with Crippen LogP contribution in [0, 0.1) is 17.6 Å². The predicted octanol–water partition coefficient (Wildman–Crippen LogP) is 4.73. The Morgan fingerprint density at radius 2 is 1.79 bits per heavy atom. The van der Waals surface area contributed by atoms with Gasteiger partial charge in [-0.15, -0.1) is 0 Å². The van der Waals surface area contributed by atoms with E-state index in [1.165, 1.54) is 24.3 Å². The number of hydrogen-bond donors (Lipinski definition) is 3. The first-order valence-corrected chi connectivity index (χ1v) is 12.9. The second-order valence-corrected chi connectivity index (χ2v) is 12.1. The molecule has 0 spiro atoms. The molecular formula is C24H28ClF2NO5S. The molecule has 186 valence electrons. The summed E-state index contributed by atoms with van der Waals surface area (Å²) in [6, 6.07) is 6.69. The fourth-order valence-electron chi connectivity index (χ4n) is 4.42. The summed E-state index contributed by atoms with van der Waals surface area (Å²) in [5.41, 5.74) is -2.05. The molecule has 3 rings (SSSR count). The first kappa shape index (κ1) is 26.5. The van der Waals surface area contributed by atoms with Gasteiger partial charge in [0.05, 0.1) is 26.9 Å². The average Bonchev–Trinajstić information content (AvgIpc) is 2.71. The summed E-state index contributed by atoms with van der Waals surface area (Å²) in [7, 11) is -3.86. The highest BCUT2D eigenvalue weighted by Gasteiger charge is 2.38. The first-order valence-electron chi connectivity index (χ1n) is 10.9. The standard InChI is InChI=1S/C24H28ClF2NO5S/c1-23(2,30)14-24(31)9-7-15(8-10-24)13-34(32,33)21-11-16(3-5-18(21)25)22(29)28-17-4-6-19(26)20(27)12-17/h3-6,11-12,15,30-31H,7-10,13-14H2,1-2H3,(H,28,29)/t15-,24-. The molecule has 3 N–H and O–H groups in total. The van der Waals surface area contributed by atoms with E-state index in [-0.39, 0.29) is 39.3 Å². The molecule has 0 aromatic heterocycles. The highest BCUT2D eigenvalue weighted by Crippen LogP contribution is 2.38. The Morgan fingerprint density at radius 3 is 2.38 bits per heavy atom. The van der Waals surface area contributed by atoms with E-state index in [1.807, 2.05) is 0 Å². The maximum atomic E-state index is 13.4. The molecule has 1 saturated carbocycles. The Kier molecular flexibility index (Phi) is 7.72. The summed E-state index contributed by atoms with van der Waals surface area (Å²) in [5, 5.41) is 23.1. The highest BCUT2D eigenvalue weighted by atomic mass is 35.5. The van der Waals surface area contributed by atoms with Crippen molar-refractivity contribution in [1.29, 1.82) is 0 Å². The van der Waals surface area contributed by atoms with Gasteiger partial charge in [-0.05, 0) is 75.8 Å². The van der Waals surface area contributed by atoms with Crippen molar-refractivity contribution in [1.82, 2.24) is 0 Å². The van der Waals surface area contributed by atoms with Gasteiger partial charge in [0.25, 0.3) is 5.91 Å². The second-order valence-electron chi connectivity index (χ2n) is 9.67. The van der Waals surface area contributed by atoms with Gasteiger partial charge in [-0.25, -0.2) is 17.2 Å². The summed E-state index contributed by atoms with van der Waals surface area (Å²) in [6.07, 6.45) is 1.91. The second kappa shape index (κ2) is 9.89. The number of hydrogen-bond acceptors (Lipinski definition) is 5. The van der Waals surface area contributed by atoms with E-state index in [9.17, 15) is 32.2 Å². The van der Waals surface area contributed by atoms with E-state index in [4.69, 9.17) is 11.6 Å². The number of benzene rings is 2. The van der Waals surface area contributed by atoms with Crippen LogP contribution in [-0.2, 0) is 9.84 Å². The zero-order valence-corrected chi connectivity index (χ0v) is 20.5. The molecular weight excluding hydrogens is 488 g/mol. The van der Waals surface area contributed by atoms with E-state index in [1.54, 1.807) is 13.8 Å². The van der Waals surface area contributed by atoms with E-state index < -0.39 is 38.6 Å². The maximum Gasteiger partial charge on any atom is 0.255 e. The number of halogens is 3. The van der Waals surface area contributed by atoms with Gasteiger partial charge in [-0.1, -0.05) is 11.6 Å². The monoisotopic (exact) mass is 515 g/mol. The van der Waals surface area contributed by atoms with Gasteiger partial charge in [-0.2, -0.15) is 0 Å². The molecule has 0 aliphatic heterocycles. The Balaban J connectivity index is 1.72. The molecule has 2 aromatic rings. The molecule has 1 aliphatic carbocycles. The zero-order chi connectivity index (χ0) is 25.3. The van der Waals surface area contributed by atoms with Crippen molar-refractivity contribution < 1.29 is 32.2 Å². The summed E-state index contributed by atoms with van der Waals surface area (Å²) < 4.78 is 52.7. The summed E-state index contributed by atoms with van der Waals surface area (Å²) >= 11 is 6.15. The molecule has 0 atom stereocenters. The van der Waals surface area contributed by atoms with Crippen molar-refractivity contribution in [2.45, 2.75) is 62.0 Å². The fraction of sp³-hybridized carbons (Fsp3) is 0.458. The molecule has 1 fully saturated rings. The molecule has 0 radical (unpaired) electrons. The SMILES string of the molecule is CC(C)(O)C[C@]1(O)CC[C@H](CS(=O)(=O)c2cc(C(=O)Nc3ccc(F)c(F)c3)ccc2Cl)CC1.